The third-order valence-corrected chi connectivity index (χ3v) is 4.49. The molecule has 6 heteroatoms. The minimum absolute atomic E-state index is 0.143. The number of aromatic nitrogens is 3. The van der Waals surface area contributed by atoms with E-state index in [0.29, 0.717) is 12.2 Å². The number of carbonyl (C=O) groups excluding carboxylic acids is 1. The number of rotatable bonds is 4. The third-order valence-electron chi connectivity index (χ3n) is 3.80. The zero-order chi connectivity index (χ0) is 17.1. The Kier molecular flexibility index (Phi) is 4.76. The molecule has 0 saturated heterocycles. The summed E-state index contributed by atoms with van der Waals surface area (Å²) in [5.74, 6) is 0.731. The van der Waals surface area contributed by atoms with Crippen LogP contribution >= 0.6 is 15.9 Å². The van der Waals surface area contributed by atoms with Gasteiger partial charge >= 0.3 is 0 Å². The highest BCUT2D eigenvalue weighted by Gasteiger charge is 2.11. The van der Waals surface area contributed by atoms with E-state index in [9.17, 15) is 4.79 Å². The molecular weight excluding hydrogens is 368 g/mol. The number of aromatic amines is 1. The number of amides is 1. The van der Waals surface area contributed by atoms with Crippen molar-refractivity contribution in [3.63, 3.8) is 0 Å². The molecule has 1 aromatic heterocycles. The van der Waals surface area contributed by atoms with E-state index in [0.717, 1.165) is 15.6 Å². The zero-order valence-corrected chi connectivity index (χ0v) is 15.0. The van der Waals surface area contributed by atoms with Crippen LogP contribution in [0, 0.1) is 13.8 Å². The fourth-order valence-electron chi connectivity index (χ4n) is 2.36. The number of hydrogen-bond donors (Lipinski definition) is 2. The number of H-pyrrole nitrogens is 1. The molecule has 24 heavy (non-hydrogen) atoms. The van der Waals surface area contributed by atoms with Crippen LogP contribution in [-0.2, 0) is 11.2 Å². The van der Waals surface area contributed by atoms with Gasteiger partial charge in [-0.1, -0.05) is 52.3 Å². The summed E-state index contributed by atoms with van der Waals surface area (Å²) < 4.78 is 0.911. The number of nitrogens with zero attached hydrogens (tertiary/aromatic N) is 2. The average molecular weight is 385 g/mol. The Morgan fingerprint density at radius 1 is 1.17 bits per heavy atom. The van der Waals surface area contributed by atoms with E-state index < -0.39 is 0 Å². The molecule has 0 fully saturated rings. The van der Waals surface area contributed by atoms with Gasteiger partial charge in [0.25, 0.3) is 0 Å². The molecule has 0 aliphatic carbocycles. The predicted molar refractivity (Wildman–Crippen MR) is 97.8 cm³/mol. The molecule has 1 amide bonds. The smallest absolute Gasteiger partial charge is 0.249 e. The molecule has 0 spiro atoms. The van der Waals surface area contributed by atoms with E-state index in [4.69, 9.17) is 0 Å². The van der Waals surface area contributed by atoms with E-state index in [1.54, 1.807) is 0 Å². The molecule has 1 heterocycles. The van der Waals surface area contributed by atoms with Crippen molar-refractivity contribution < 1.29 is 4.79 Å². The Morgan fingerprint density at radius 2 is 1.96 bits per heavy atom. The van der Waals surface area contributed by atoms with Crippen LogP contribution in [0.5, 0.6) is 0 Å². The Bertz CT molecular complexity index is 888. The van der Waals surface area contributed by atoms with Gasteiger partial charge in [-0.15, -0.1) is 5.10 Å². The molecule has 0 bridgehead atoms. The van der Waals surface area contributed by atoms with Gasteiger partial charge in [-0.3, -0.25) is 15.2 Å². The van der Waals surface area contributed by atoms with Crippen molar-refractivity contribution in [3.05, 3.63) is 63.6 Å². The number of benzene rings is 2. The standard InChI is InChI=1S/C18H17BrN4O/c1-11-7-8-13(9-12(11)2)10-16(24)20-18-21-17(22-23-18)14-5-3-4-6-15(14)19/h3-9H,10H2,1-2H3,(H2,20,21,22,23,24). The fraction of sp³-hybridized carbons (Fsp3) is 0.167. The number of hydrogen-bond acceptors (Lipinski definition) is 3. The van der Waals surface area contributed by atoms with Gasteiger partial charge in [0, 0.05) is 10.0 Å². The van der Waals surface area contributed by atoms with Gasteiger partial charge in [0.05, 0.1) is 6.42 Å². The maximum Gasteiger partial charge on any atom is 0.249 e. The minimum atomic E-state index is -0.143. The predicted octanol–water partition coefficient (Wildman–Crippen LogP) is 4.03. The fourth-order valence-corrected chi connectivity index (χ4v) is 2.83. The van der Waals surface area contributed by atoms with Crippen LogP contribution < -0.4 is 5.32 Å². The van der Waals surface area contributed by atoms with Crippen molar-refractivity contribution in [1.29, 1.82) is 0 Å². The lowest BCUT2D eigenvalue weighted by atomic mass is 10.0. The third kappa shape index (κ3) is 3.71. The Labute approximate surface area is 148 Å². The van der Waals surface area contributed by atoms with E-state index in [2.05, 4.69) is 43.4 Å². The lowest BCUT2D eigenvalue weighted by Crippen LogP contribution is -2.15. The van der Waals surface area contributed by atoms with Crippen LogP contribution in [0.2, 0.25) is 0 Å². The molecule has 2 N–H and O–H groups in total. The first-order valence-electron chi connectivity index (χ1n) is 7.56. The first kappa shape index (κ1) is 16.4. The molecule has 122 valence electrons. The van der Waals surface area contributed by atoms with Crippen LogP contribution in [0.4, 0.5) is 5.95 Å². The normalized spacial score (nSPS) is 10.6. The molecule has 0 atom stereocenters. The summed E-state index contributed by atoms with van der Waals surface area (Å²) in [6, 6.07) is 13.7. The molecular formula is C18H17BrN4O. The summed E-state index contributed by atoms with van der Waals surface area (Å²) >= 11 is 3.47. The number of nitrogens with one attached hydrogen (secondary N) is 2. The van der Waals surface area contributed by atoms with Gasteiger partial charge in [0.2, 0.25) is 11.9 Å². The minimum Gasteiger partial charge on any atom is -0.293 e. The molecule has 0 aliphatic rings. The van der Waals surface area contributed by atoms with Gasteiger partial charge in [-0.25, -0.2) is 0 Å². The van der Waals surface area contributed by atoms with Crippen molar-refractivity contribution in [1.82, 2.24) is 15.2 Å². The topological polar surface area (TPSA) is 70.7 Å². The Hall–Kier alpha value is -2.47. The molecule has 0 aliphatic heterocycles. The van der Waals surface area contributed by atoms with Gasteiger partial charge in [0.15, 0.2) is 5.82 Å². The van der Waals surface area contributed by atoms with Crippen LogP contribution in [0.25, 0.3) is 11.4 Å². The molecule has 2 aromatic carbocycles. The van der Waals surface area contributed by atoms with Gasteiger partial charge in [-0.2, -0.15) is 4.98 Å². The summed E-state index contributed by atoms with van der Waals surface area (Å²) in [4.78, 5) is 16.5. The highest BCUT2D eigenvalue weighted by Crippen LogP contribution is 2.25. The summed E-state index contributed by atoms with van der Waals surface area (Å²) in [6.07, 6.45) is 0.292. The van der Waals surface area contributed by atoms with Gasteiger partial charge < -0.3 is 0 Å². The second-order valence-electron chi connectivity index (χ2n) is 5.63. The van der Waals surface area contributed by atoms with Crippen LogP contribution in [0.15, 0.2) is 46.9 Å². The van der Waals surface area contributed by atoms with Crippen molar-refractivity contribution in [2.45, 2.75) is 20.3 Å². The molecule has 0 unspecified atom stereocenters. The number of anilines is 1. The Morgan fingerprint density at radius 3 is 2.71 bits per heavy atom. The lowest BCUT2D eigenvalue weighted by molar-refractivity contribution is -0.115. The maximum absolute atomic E-state index is 12.2. The lowest BCUT2D eigenvalue weighted by Gasteiger charge is -2.05. The largest absolute Gasteiger partial charge is 0.293 e. The summed E-state index contributed by atoms with van der Waals surface area (Å²) in [7, 11) is 0. The van der Waals surface area contributed by atoms with E-state index in [-0.39, 0.29) is 11.9 Å². The van der Waals surface area contributed by atoms with Crippen molar-refractivity contribution >= 4 is 27.8 Å². The second-order valence-corrected chi connectivity index (χ2v) is 6.49. The van der Waals surface area contributed by atoms with Crippen LogP contribution in [-0.4, -0.2) is 21.1 Å². The molecule has 3 rings (SSSR count). The van der Waals surface area contributed by atoms with E-state index >= 15 is 0 Å². The molecule has 0 radical (unpaired) electrons. The van der Waals surface area contributed by atoms with Crippen LogP contribution in [0.3, 0.4) is 0 Å². The highest BCUT2D eigenvalue weighted by molar-refractivity contribution is 9.10. The number of aryl methyl sites for hydroxylation is 2. The first-order valence-corrected chi connectivity index (χ1v) is 8.35. The van der Waals surface area contributed by atoms with Crippen molar-refractivity contribution in [2.24, 2.45) is 0 Å². The van der Waals surface area contributed by atoms with Gasteiger partial charge in [-0.05, 0) is 36.6 Å². The summed E-state index contributed by atoms with van der Waals surface area (Å²) in [5.41, 5.74) is 4.25. The number of halogens is 1. The van der Waals surface area contributed by atoms with Crippen molar-refractivity contribution in [2.75, 3.05) is 5.32 Å². The zero-order valence-electron chi connectivity index (χ0n) is 13.4. The van der Waals surface area contributed by atoms with Crippen LogP contribution in [0.1, 0.15) is 16.7 Å². The monoisotopic (exact) mass is 384 g/mol. The van der Waals surface area contributed by atoms with Crippen molar-refractivity contribution in [3.8, 4) is 11.4 Å². The molecule has 0 saturated carbocycles. The molecule has 3 aromatic rings. The second kappa shape index (κ2) is 6.97. The maximum atomic E-state index is 12.2. The van der Waals surface area contributed by atoms with E-state index in [1.165, 1.54) is 11.1 Å². The quantitative estimate of drug-likeness (QED) is 0.712. The average Bonchev–Trinajstić information content (AvgIpc) is 2.99. The highest BCUT2D eigenvalue weighted by atomic mass is 79.9. The SMILES string of the molecule is Cc1ccc(CC(=O)Nc2n[nH]c(-c3ccccc3Br)n2)cc1C. The first-order chi connectivity index (χ1) is 11.5. The van der Waals surface area contributed by atoms with Gasteiger partial charge in [0.1, 0.15) is 0 Å². The summed E-state index contributed by atoms with van der Waals surface area (Å²) in [5, 5.41) is 9.63. The molecule has 5 nitrogen and oxygen atoms in total. The Balaban J connectivity index is 1.69. The summed E-state index contributed by atoms with van der Waals surface area (Å²) in [6.45, 7) is 4.09. The number of carbonyl (C=O) groups is 1. The van der Waals surface area contributed by atoms with E-state index in [1.807, 2.05) is 49.4 Å².